The molecule has 1 amide bonds. The van der Waals surface area contributed by atoms with Crippen LogP contribution >= 0.6 is 0 Å². The van der Waals surface area contributed by atoms with Gasteiger partial charge in [-0.15, -0.1) is 0 Å². The summed E-state index contributed by atoms with van der Waals surface area (Å²) in [6.45, 7) is 3.82. The smallest absolute Gasteiger partial charge is 0.404 e. The number of carbonyl (C=O) groups is 1. The zero-order valence-electron chi connectivity index (χ0n) is 6.87. The van der Waals surface area contributed by atoms with Crippen LogP contribution in [-0.2, 0) is 0 Å². The predicted octanol–water partition coefficient (Wildman–Crippen LogP) is 0.661. The van der Waals surface area contributed by atoms with Gasteiger partial charge in [-0.25, -0.2) is 4.79 Å². The van der Waals surface area contributed by atoms with E-state index >= 15 is 0 Å². The number of aliphatic hydroxyl groups excluding tert-OH is 1. The van der Waals surface area contributed by atoms with Crippen molar-refractivity contribution >= 4 is 6.09 Å². The van der Waals surface area contributed by atoms with Gasteiger partial charge in [0.1, 0.15) is 0 Å². The molecule has 0 aromatic rings. The third kappa shape index (κ3) is 5.66. The lowest BCUT2D eigenvalue weighted by molar-refractivity contribution is 0.172. The minimum atomic E-state index is -1.08. The Labute approximate surface area is 66.2 Å². The number of aliphatic hydroxyl groups is 1. The first-order chi connectivity index (χ1) is 5.06. The second-order valence-electron chi connectivity index (χ2n) is 2.96. The van der Waals surface area contributed by atoms with Gasteiger partial charge in [0.05, 0.1) is 12.6 Å². The van der Waals surface area contributed by atoms with E-state index in [1.807, 2.05) is 13.8 Å². The molecule has 0 rings (SSSR count). The summed E-state index contributed by atoms with van der Waals surface area (Å²) in [5.74, 6) is 0.388. The Hall–Kier alpha value is -0.770. The van der Waals surface area contributed by atoms with Crippen molar-refractivity contribution in [2.45, 2.75) is 26.3 Å². The first-order valence-corrected chi connectivity index (χ1v) is 3.66. The Morgan fingerprint density at radius 1 is 1.55 bits per heavy atom. The third-order valence-corrected chi connectivity index (χ3v) is 1.30. The second kappa shape index (κ2) is 4.96. The van der Waals surface area contributed by atoms with E-state index < -0.39 is 6.09 Å². The normalized spacial score (nSPS) is 13.1. The van der Waals surface area contributed by atoms with E-state index in [1.165, 1.54) is 0 Å². The molecule has 11 heavy (non-hydrogen) atoms. The first kappa shape index (κ1) is 10.2. The number of rotatable bonds is 4. The molecule has 0 aliphatic heterocycles. The highest BCUT2D eigenvalue weighted by molar-refractivity contribution is 5.64. The van der Waals surface area contributed by atoms with E-state index in [0.717, 1.165) is 0 Å². The van der Waals surface area contributed by atoms with Gasteiger partial charge in [-0.3, -0.25) is 0 Å². The molecule has 0 aliphatic carbocycles. The van der Waals surface area contributed by atoms with Gasteiger partial charge >= 0.3 is 6.09 Å². The van der Waals surface area contributed by atoms with Crippen molar-refractivity contribution < 1.29 is 15.0 Å². The Morgan fingerprint density at radius 3 is 2.36 bits per heavy atom. The van der Waals surface area contributed by atoms with Crippen LogP contribution in [0.1, 0.15) is 20.3 Å². The van der Waals surface area contributed by atoms with E-state index in [1.54, 1.807) is 0 Å². The molecule has 4 heteroatoms. The van der Waals surface area contributed by atoms with Crippen molar-refractivity contribution in [3.63, 3.8) is 0 Å². The van der Waals surface area contributed by atoms with Crippen molar-refractivity contribution in [2.75, 3.05) is 6.61 Å². The largest absolute Gasteiger partial charge is 0.465 e. The van der Waals surface area contributed by atoms with E-state index in [9.17, 15) is 4.79 Å². The van der Waals surface area contributed by atoms with Gasteiger partial charge in [-0.05, 0) is 12.3 Å². The molecular formula is C7H15NO3. The summed E-state index contributed by atoms with van der Waals surface area (Å²) in [6, 6.07) is -0.326. The maximum atomic E-state index is 10.1. The average molecular weight is 161 g/mol. The molecule has 0 aromatic heterocycles. The fourth-order valence-corrected chi connectivity index (χ4v) is 0.923. The van der Waals surface area contributed by atoms with Crippen LogP contribution in [0.5, 0.6) is 0 Å². The summed E-state index contributed by atoms with van der Waals surface area (Å²) < 4.78 is 0. The molecular weight excluding hydrogens is 146 g/mol. The van der Waals surface area contributed by atoms with Crippen LogP contribution < -0.4 is 5.32 Å². The highest BCUT2D eigenvalue weighted by atomic mass is 16.4. The maximum absolute atomic E-state index is 10.1. The van der Waals surface area contributed by atoms with Crippen LogP contribution in [0, 0.1) is 5.92 Å². The third-order valence-electron chi connectivity index (χ3n) is 1.30. The number of amides is 1. The van der Waals surface area contributed by atoms with Crippen molar-refractivity contribution in [3.8, 4) is 0 Å². The van der Waals surface area contributed by atoms with Crippen LogP contribution in [-0.4, -0.2) is 29.0 Å². The predicted molar refractivity (Wildman–Crippen MR) is 41.5 cm³/mol. The molecule has 0 saturated heterocycles. The van der Waals surface area contributed by atoms with Crippen LogP contribution in [0.3, 0.4) is 0 Å². The molecule has 0 unspecified atom stereocenters. The van der Waals surface area contributed by atoms with Crippen LogP contribution in [0.4, 0.5) is 4.79 Å². The summed E-state index contributed by atoms with van der Waals surface area (Å²) >= 11 is 0. The summed E-state index contributed by atoms with van der Waals surface area (Å²) in [6.07, 6.45) is -0.410. The van der Waals surface area contributed by atoms with Crippen molar-refractivity contribution in [2.24, 2.45) is 5.92 Å². The molecule has 0 fully saturated rings. The number of hydrogen-bond acceptors (Lipinski definition) is 2. The monoisotopic (exact) mass is 161 g/mol. The fourth-order valence-electron chi connectivity index (χ4n) is 0.923. The van der Waals surface area contributed by atoms with E-state index in [4.69, 9.17) is 10.2 Å². The zero-order valence-corrected chi connectivity index (χ0v) is 6.87. The van der Waals surface area contributed by atoms with Crippen LogP contribution in [0.15, 0.2) is 0 Å². The van der Waals surface area contributed by atoms with Gasteiger partial charge < -0.3 is 15.5 Å². The van der Waals surface area contributed by atoms with Gasteiger partial charge in [0, 0.05) is 0 Å². The summed E-state index contributed by atoms with van der Waals surface area (Å²) in [7, 11) is 0. The summed E-state index contributed by atoms with van der Waals surface area (Å²) in [5, 5.41) is 19.2. The molecule has 66 valence electrons. The average Bonchev–Trinajstić information content (AvgIpc) is 1.84. The van der Waals surface area contributed by atoms with Gasteiger partial charge in [-0.2, -0.15) is 0 Å². The SMILES string of the molecule is CC(C)C[C@H](CO)NC(=O)O. The molecule has 0 spiro atoms. The zero-order chi connectivity index (χ0) is 8.85. The van der Waals surface area contributed by atoms with Crippen molar-refractivity contribution in [3.05, 3.63) is 0 Å². The number of carboxylic acid groups (broad SMARTS) is 1. The molecule has 0 heterocycles. The molecule has 0 bridgehead atoms. The topological polar surface area (TPSA) is 69.6 Å². The van der Waals surface area contributed by atoms with Gasteiger partial charge in [0.15, 0.2) is 0 Å². The lowest BCUT2D eigenvalue weighted by Crippen LogP contribution is -2.37. The molecule has 0 saturated carbocycles. The van der Waals surface area contributed by atoms with Crippen molar-refractivity contribution in [1.29, 1.82) is 0 Å². The maximum Gasteiger partial charge on any atom is 0.404 e. The standard InChI is InChI=1S/C7H15NO3/c1-5(2)3-6(4-9)8-7(10)11/h5-6,8-9H,3-4H2,1-2H3,(H,10,11)/t6-/m1/s1. The second-order valence-corrected chi connectivity index (χ2v) is 2.96. The van der Waals surface area contributed by atoms with Gasteiger partial charge in [-0.1, -0.05) is 13.8 Å². The number of hydrogen-bond donors (Lipinski definition) is 3. The number of nitrogens with one attached hydrogen (secondary N) is 1. The Bertz CT molecular complexity index is 125. The molecule has 1 atom stereocenters. The fraction of sp³-hybridized carbons (Fsp3) is 0.857. The molecule has 0 aromatic carbocycles. The summed E-state index contributed by atoms with van der Waals surface area (Å²) in [5.41, 5.74) is 0. The molecule has 4 nitrogen and oxygen atoms in total. The Morgan fingerprint density at radius 2 is 2.09 bits per heavy atom. The Kier molecular flexibility index (Phi) is 4.61. The molecule has 0 aliphatic rings. The Balaban J connectivity index is 3.66. The van der Waals surface area contributed by atoms with E-state index in [-0.39, 0.29) is 12.6 Å². The first-order valence-electron chi connectivity index (χ1n) is 3.66. The van der Waals surface area contributed by atoms with E-state index in [0.29, 0.717) is 12.3 Å². The van der Waals surface area contributed by atoms with Crippen LogP contribution in [0.2, 0.25) is 0 Å². The van der Waals surface area contributed by atoms with E-state index in [2.05, 4.69) is 5.32 Å². The highest BCUT2D eigenvalue weighted by Crippen LogP contribution is 2.03. The van der Waals surface area contributed by atoms with Crippen molar-refractivity contribution in [1.82, 2.24) is 5.32 Å². The molecule has 0 radical (unpaired) electrons. The van der Waals surface area contributed by atoms with Gasteiger partial charge in [0.2, 0.25) is 0 Å². The van der Waals surface area contributed by atoms with Crippen LogP contribution in [0.25, 0.3) is 0 Å². The lowest BCUT2D eigenvalue weighted by atomic mass is 10.0. The minimum absolute atomic E-state index is 0.134. The molecule has 3 N–H and O–H groups in total. The quantitative estimate of drug-likeness (QED) is 0.567. The summed E-state index contributed by atoms with van der Waals surface area (Å²) in [4.78, 5) is 10.1. The lowest BCUT2D eigenvalue weighted by Gasteiger charge is -2.15. The highest BCUT2D eigenvalue weighted by Gasteiger charge is 2.11. The van der Waals surface area contributed by atoms with Gasteiger partial charge in [0.25, 0.3) is 0 Å². The minimum Gasteiger partial charge on any atom is -0.465 e.